The molecule has 0 unspecified atom stereocenters. The van der Waals surface area contributed by atoms with Crippen LogP contribution in [0, 0.1) is 0 Å². The van der Waals surface area contributed by atoms with Gasteiger partial charge >= 0.3 is 0 Å². The normalized spacial score (nSPS) is 18.1. The third-order valence-corrected chi connectivity index (χ3v) is 7.47. The summed E-state index contributed by atoms with van der Waals surface area (Å²) >= 11 is 0. The molecule has 0 bridgehead atoms. The van der Waals surface area contributed by atoms with Crippen LogP contribution in [-0.4, -0.2) is 26.9 Å². The molecule has 1 fully saturated rings. The summed E-state index contributed by atoms with van der Waals surface area (Å²) in [5.41, 5.74) is 2.36. The lowest BCUT2D eigenvalue weighted by molar-refractivity contribution is 0.0989. The molecule has 4 rings (SSSR count). The molecular weight excluding hydrogens is 384 g/mol. The van der Waals surface area contributed by atoms with Gasteiger partial charge in [-0.15, -0.1) is 0 Å². The fourth-order valence-electron chi connectivity index (χ4n) is 4.35. The SMILES string of the molecule is O=C(c1ccccc1)N1CCc2cc(S(=O)(=O)NC3CCCCCCC3)ccc21. The van der Waals surface area contributed by atoms with Gasteiger partial charge in [0.2, 0.25) is 10.0 Å². The Morgan fingerprint density at radius 3 is 2.34 bits per heavy atom. The van der Waals surface area contributed by atoms with Crippen molar-refractivity contribution in [2.24, 2.45) is 0 Å². The van der Waals surface area contributed by atoms with Crippen LogP contribution in [0.15, 0.2) is 53.4 Å². The largest absolute Gasteiger partial charge is 0.308 e. The van der Waals surface area contributed by atoms with Crippen molar-refractivity contribution in [2.45, 2.75) is 62.3 Å². The summed E-state index contributed by atoms with van der Waals surface area (Å²) in [6.45, 7) is 0.572. The molecule has 1 aliphatic carbocycles. The van der Waals surface area contributed by atoms with Crippen molar-refractivity contribution < 1.29 is 13.2 Å². The topological polar surface area (TPSA) is 66.5 Å². The van der Waals surface area contributed by atoms with E-state index < -0.39 is 10.0 Å². The van der Waals surface area contributed by atoms with Gasteiger partial charge in [-0.2, -0.15) is 0 Å². The third-order valence-electron chi connectivity index (χ3n) is 5.95. The van der Waals surface area contributed by atoms with Crippen LogP contribution < -0.4 is 9.62 Å². The Morgan fingerprint density at radius 2 is 1.62 bits per heavy atom. The Bertz CT molecular complexity index is 965. The van der Waals surface area contributed by atoms with E-state index in [1.165, 1.54) is 19.3 Å². The summed E-state index contributed by atoms with van der Waals surface area (Å²) in [6, 6.07) is 14.3. The van der Waals surface area contributed by atoms with Crippen molar-refractivity contribution in [2.75, 3.05) is 11.4 Å². The van der Waals surface area contributed by atoms with Crippen molar-refractivity contribution in [1.29, 1.82) is 0 Å². The maximum atomic E-state index is 12.9. The fraction of sp³-hybridized carbons (Fsp3) is 0.435. The molecule has 1 aliphatic heterocycles. The number of hydrogen-bond acceptors (Lipinski definition) is 3. The first-order valence-corrected chi connectivity index (χ1v) is 12.0. The van der Waals surface area contributed by atoms with Gasteiger partial charge in [0.15, 0.2) is 0 Å². The second-order valence-electron chi connectivity index (χ2n) is 8.03. The van der Waals surface area contributed by atoms with Gasteiger partial charge in [-0.3, -0.25) is 4.79 Å². The molecule has 1 saturated carbocycles. The van der Waals surface area contributed by atoms with Gasteiger partial charge in [-0.1, -0.05) is 50.3 Å². The molecule has 6 heteroatoms. The molecule has 2 aromatic carbocycles. The molecule has 2 aromatic rings. The number of hydrogen-bond donors (Lipinski definition) is 1. The lowest BCUT2D eigenvalue weighted by Crippen LogP contribution is -2.35. The highest BCUT2D eigenvalue weighted by Gasteiger charge is 2.28. The molecular formula is C23H28N2O3S. The zero-order valence-electron chi connectivity index (χ0n) is 16.6. The summed E-state index contributed by atoms with van der Waals surface area (Å²) in [6.07, 6.45) is 8.25. The Kier molecular flexibility index (Phi) is 6.01. The number of fused-ring (bicyclic) bond motifs is 1. The monoisotopic (exact) mass is 412 g/mol. The van der Waals surface area contributed by atoms with E-state index in [0.717, 1.165) is 36.9 Å². The zero-order chi connectivity index (χ0) is 20.3. The Labute approximate surface area is 173 Å². The highest BCUT2D eigenvalue weighted by Crippen LogP contribution is 2.31. The van der Waals surface area contributed by atoms with Crippen LogP contribution in [0.25, 0.3) is 0 Å². The van der Waals surface area contributed by atoms with Gasteiger partial charge in [0, 0.05) is 23.8 Å². The van der Waals surface area contributed by atoms with Crippen LogP contribution >= 0.6 is 0 Å². The van der Waals surface area contributed by atoms with E-state index in [-0.39, 0.29) is 11.9 Å². The van der Waals surface area contributed by atoms with E-state index in [9.17, 15) is 13.2 Å². The standard InChI is InChI=1S/C23H28N2O3S/c26-23(18-9-5-4-6-10-18)25-16-15-19-17-21(13-14-22(19)25)29(27,28)24-20-11-7-2-1-3-8-12-20/h4-6,9-10,13-14,17,20,24H,1-3,7-8,11-12,15-16H2. The molecule has 154 valence electrons. The van der Waals surface area contributed by atoms with Gasteiger partial charge in [0.05, 0.1) is 4.90 Å². The maximum Gasteiger partial charge on any atom is 0.258 e. The van der Waals surface area contributed by atoms with Crippen LogP contribution in [0.3, 0.4) is 0 Å². The average Bonchev–Trinajstić information content (AvgIpc) is 3.13. The number of nitrogens with zero attached hydrogens (tertiary/aromatic N) is 1. The number of amides is 1. The molecule has 1 amide bonds. The van der Waals surface area contributed by atoms with Crippen molar-refractivity contribution in [3.8, 4) is 0 Å². The molecule has 5 nitrogen and oxygen atoms in total. The second-order valence-corrected chi connectivity index (χ2v) is 9.74. The number of nitrogens with one attached hydrogen (secondary N) is 1. The number of anilines is 1. The average molecular weight is 413 g/mol. The van der Waals surface area contributed by atoms with Crippen molar-refractivity contribution in [1.82, 2.24) is 4.72 Å². The molecule has 1 N–H and O–H groups in total. The van der Waals surface area contributed by atoms with Gasteiger partial charge in [-0.05, 0) is 55.2 Å². The smallest absolute Gasteiger partial charge is 0.258 e. The molecule has 0 saturated heterocycles. The number of benzene rings is 2. The maximum absolute atomic E-state index is 12.9. The molecule has 0 atom stereocenters. The first kappa shape index (κ1) is 20.1. The van der Waals surface area contributed by atoms with Gasteiger partial charge < -0.3 is 4.90 Å². The fourth-order valence-corrected chi connectivity index (χ4v) is 5.71. The quantitative estimate of drug-likeness (QED) is 0.815. The Morgan fingerprint density at radius 1 is 0.931 bits per heavy atom. The number of rotatable bonds is 4. The molecule has 2 aliphatic rings. The molecule has 0 radical (unpaired) electrons. The minimum atomic E-state index is -3.55. The first-order chi connectivity index (χ1) is 14.0. The predicted molar refractivity (Wildman–Crippen MR) is 115 cm³/mol. The van der Waals surface area contributed by atoms with Gasteiger partial charge in [0.1, 0.15) is 0 Å². The van der Waals surface area contributed by atoms with E-state index in [1.54, 1.807) is 35.2 Å². The van der Waals surface area contributed by atoms with E-state index in [1.807, 2.05) is 18.2 Å². The van der Waals surface area contributed by atoms with E-state index >= 15 is 0 Å². The van der Waals surface area contributed by atoms with E-state index in [2.05, 4.69) is 4.72 Å². The summed E-state index contributed by atoms with van der Waals surface area (Å²) in [7, 11) is -3.55. The summed E-state index contributed by atoms with van der Waals surface area (Å²) in [5.74, 6) is -0.0485. The lowest BCUT2D eigenvalue weighted by Gasteiger charge is -2.21. The molecule has 29 heavy (non-hydrogen) atoms. The van der Waals surface area contributed by atoms with Crippen LogP contribution in [-0.2, 0) is 16.4 Å². The van der Waals surface area contributed by atoms with Crippen molar-refractivity contribution in [3.05, 3.63) is 59.7 Å². The summed E-state index contributed by atoms with van der Waals surface area (Å²) in [4.78, 5) is 14.8. The molecule has 0 spiro atoms. The second kappa shape index (κ2) is 8.67. The van der Waals surface area contributed by atoms with E-state index in [4.69, 9.17) is 0 Å². The Balaban J connectivity index is 1.51. The van der Waals surface area contributed by atoms with Crippen LogP contribution in [0.5, 0.6) is 0 Å². The molecule has 0 aromatic heterocycles. The third kappa shape index (κ3) is 4.54. The van der Waals surface area contributed by atoms with Crippen LogP contribution in [0.4, 0.5) is 5.69 Å². The molecule has 1 heterocycles. The highest BCUT2D eigenvalue weighted by atomic mass is 32.2. The number of carbonyl (C=O) groups is 1. The van der Waals surface area contributed by atoms with Gasteiger partial charge in [-0.25, -0.2) is 13.1 Å². The number of sulfonamides is 1. The van der Waals surface area contributed by atoms with Crippen LogP contribution in [0.2, 0.25) is 0 Å². The summed E-state index contributed by atoms with van der Waals surface area (Å²) < 4.78 is 28.8. The van der Waals surface area contributed by atoms with Gasteiger partial charge in [0.25, 0.3) is 5.91 Å². The van der Waals surface area contributed by atoms with Crippen molar-refractivity contribution >= 4 is 21.6 Å². The lowest BCUT2D eigenvalue weighted by atomic mass is 9.97. The van der Waals surface area contributed by atoms with Crippen LogP contribution in [0.1, 0.15) is 60.9 Å². The number of carbonyl (C=O) groups excluding carboxylic acids is 1. The first-order valence-electron chi connectivity index (χ1n) is 10.6. The Hall–Kier alpha value is -2.18. The van der Waals surface area contributed by atoms with E-state index in [0.29, 0.717) is 23.4 Å². The summed E-state index contributed by atoms with van der Waals surface area (Å²) in [5, 5.41) is 0. The minimum absolute atomic E-state index is 0.0183. The highest BCUT2D eigenvalue weighted by molar-refractivity contribution is 7.89. The zero-order valence-corrected chi connectivity index (χ0v) is 17.5. The minimum Gasteiger partial charge on any atom is -0.308 e. The predicted octanol–water partition coefficient (Wildman–Crippen LogP) is 4.28. The van der Waals surface area contributed by atoms with Crippen molar-refractivity contribution in [3.63, 3.8) is 0 Å².